The fourth-order valence-electron chi connectivity index (χ4n) is 3.28. The Morgan fingerprint density at radius 2 is 1.32 bits per heavy atom. The Hall–Kier alpha value is -1.63. The second kappa shape index (κ2) is 10.4. The first-order valence-electron chi connectivity index (χ1n) is 8.72. The number of ether oxygens (including phenoxy) is 2. The molecule has 0 aliphatic carbocycles. The zero-order valence-electron chi connectivity index (χ0n) is 16.6. The van der Waals surface area contributed by atoms with Crippen molar-refractivity contribution in [3.8, 4) is 0 Å². The monoisotopic (exact) mass is 372 g/mol. The predicted molar refractivity (Wildman–Crippen MR) is 98.5 cm³/mol. The molecular formula is C18H32O6Si. The maximum Gasteiger partial charge on any atom is 0.334 e. The van der Waals surface area contributed by atoms with Gasteiger partial charge in [0.25, 0.3) is 8.32 Å². The largest absolute Gasteiger partial charge is 0.516 e. The minimum atomic E-state index is -2.40. The normalized spacial score (nSPS) is 13.4. The highest BCUT2D eigenvalue weighted by molar-refractivity contribution is 6.79. The summed E-state index contributed by atoms with van der Waals surface area (Å²) in [5, 5.41) is 0. The van der Waals surface area contributed by atoms with E-state index >= 15 is 0 Å². The van der Waals surface area contributed by atoms with E-state index in [0.717, 1.165) is 12.2 Å². The van der Waals surface area contributed by atoms with E-state index in [1.165, 1.54) is 7.11 Å². The number of carbonyl (C=O) groups excluding carboxylic acids is 3. The molecule has 0 saturated heterocycles. The van der Waals surface area contributed by atoms with Crippen LogP contribution in [-0.2, 0) is 28.3 Å². The van der Waals surface area contributed by atoms with E-state index in [9.17, 15) is 14.4 Å². The highest BCUT2D eigenvalue weighted by Gasteiger charge is 2.49. The summed E-state index contributed by atoms with van der Waals surface area (Å²) in [5.41, 5.74) is 0.719. The third kappa shape index (κ3) is 6.30. The smallest absolute Gasteiger partial charge is 0.334 e. The van der Waals surface area contributed by atoms with Crippen LogP contribution in [0, 0.1) is 0 Å². The van der Waals surface area contributed by atoms with Crippen LogP contribution in [0.25, 0.3) is 0 Å². The van der Waals surface area contributed by atoms with Crippen molar-refractivity contribution in [2.45, 2.75) is 77.6 Å². The molecule has 1 unspecified atom stereocenters. The quantitative estimate of drug-likeness (QED) is 0.348. The maximum absolute atomic E-state index is 12.7. The van der Waals surface area contributed by atoms with Gasteiger partial charge < -0.3 is 13.9 Å². The molecule has 0 spiro atoms. The van der Waals surface area contributed by atoms with E-state index in [4.69, 9.17) is 9.16 Å². The maximum atomic E-state index is 12.7. The highest BCUT2D eigenvalue weighted by atomic mass is 28.4. The summed E-state index contributed by atoms with van der Waals surface area (Å²) in [6.45, 7) is 14.2. The number of carbonyl (C=O) groups is 3. The second-order valence-electron chi connectivity index (χ2n) is 6.93. The Kier molecular flexibility index (Phi) is 9.70. The van der Waals surface area contributed by atoms with Crippen molar-refractivity contribution in [1.29, 1.82) is 0 Å². The molecule has 25 heavy (non-hydrogen) atoms. The Bertz CT molecular complexity index is 474. The van der Waals surface area contributed by atoms with Gasteiger partial charge in [-0.25, -0.2) is 14.4 Å². The van der Waals surface area contributed by atoms with Crippen molar-refractivity contribution >= 4 is 26.2 Å². The molecule has 6 nitrogen and oxygen atoms in total. The molecule has 0 rings (SSSR count). The molecule has 0 bridgehead atoms. The summed E-state index contributed by atoms with van der Waals surface area (Å²) in [4.78, 5) is 35.5. The fraction of sp³-hybridized carbons (Fsp3) is 0.722. The van der Waals surface area contributed by atoms with Gasteiger partial charge in [0.05, 0.1) is 7.11 Å². The first-order chi connectivity index (χ1) is 11.5. The van der Waals surface area contributed by atoms with Crippen molar-refractivity contribution in [3.05, 3.63) is 12.2 Å². The van der Waals surface area contributed by atoms with Gasteiger partial charge >= 0.3 is 17.9 Å². The second-order valence-corrected chi connectivity index (χ2v) is 12.3. The summed E-state index contributed by atoms with van der Waals surface area (Å²) < 4.78 is 15.6. The number of rotatable bonds is 9. The lowest BCUT2D eigenvalue weighted by Gasteiger charge is -2.41. The number of hydrogen-bond acceptors (Lipinski definition) is 6. The molecular weight excluding hydrogens is 340 g/mol. The average molecular weight is 373 g/mol. The topological polar surface area (TPSA) is 78.9 Å². The van der Waals surface area contributed by atoms with Crippen LogP contribution in [0.3, 0.4) is 0 Å². The molecule has 144 valence electrons. The summed E-state index contributed by atoms with van der Waals surface area (Å²) in [6, 6.07) is 0. The number of hydrogen-bond donors (Lipinski definition) is 0. The minimum absolute atomic E-state index is 0.240. The summed E-state index contributed by atoms with van der Waals surface area (Å²) in [5.74, 6) is -1.95. The van der Waals surface area contributed by atoms with Crippen LogP contribution in [0.2, 0.25) is 16.6 Å². The summed E-state index contributed by atoms with van der Waals surface area (Å²) in [7, 11) is -1.19. The van der Waals surface area contributed by atoms with Crippen molar-refractivity contribution in [3.63, 3.8) is 0 Å². The van der Waals surface area contributed by atoms with Crippen molar-refractivity contribution in [1.82, 2.24) is 0 Å². The van der Waals surface area contributed by atoms with Gasteiger partial charge in [0.15, 0.2) is 6.10 Å². The van der Waals surface area contributed by atoms with Gasteiger partial charge in [-0.2, -0.15) is 0 Å². The summed E-state index contributed by atoms with van der Waals surface area (Å²) >= 11 is 0. The van der Waals surface area contributed by atoms with Crippen molar-refractivity contribution < 1.29 is 28.3 Å². The number of methoxy groups -OCH3 is 1. The van der Waals surface area contributed by atoms with Gasteiger partial charge in [-0.15, -0.1) is 0 Å². The van der Waals surface area contributed by atoms with Gasteiger partial charge in [0.2, 0.25) is 0 Å². The van der Waals surface area contributed by atoms with Crippen molar-refractivity contribution in [2.24, 2.45) is 0 Å². The number of esters is 2. The van der Waals surface area contributed by atoms with E-state index in [2.05, 4.69) is 46.3 Å². The average Bonchev–Trinajstić information content (AvgIpc) is 2.53. The molecule has 0 fully saturated rings. The molecule has 0 saturated carbocycles. The van der Waals surface area contributed by atoms with Crippen LogP contribution in [0.15, 0.2) is 12.2 Å². The molecule has 0 aromatic heterocycles. The van der Waals surface area contributed by atoms with Crippen LogP contribution in [0.5, 0.6) is 0 Å². The van der Waals surface area contributed by atoms with Crippen LogP contribution >= 0.6 is 0 Å². The lowest BCUT2D eigenvalue weighted by atomic mass is 10.3. The zero-order valence-corrected chi connectivity index (χ0v) is 17.6. The molecule has 0 radical (unpaired) electrons. The Balaban J connectivity index is 5.23. The standard InChI is InChI=1S/C18H32O6Si/c1-9-15(23-17(20)11-10-16(19)22-8)18(21)24-25(12(2)3,13(4)5)14(6)7/h10-15H,9H2,1-8H3/b11-10+. The first-order valence-corrected chi connectivity index (χ1v) is 10.9. The van der Waals surface area contributed by atoms with Crippen LogP contribution in [0.1, 0.15) is 54.9 Å². The third-order valence-corrected chi connectivity index (χ3v) is 10.4. The zero-order chi connectivity index (χ0) is 19.8. The Morgan fingerprint density at radius 3 is 1.68 bits per heavy atom. The molecule has 0 aliphatic heterocycles. The van der Waals surface area contributed by atoms with Gasteiger partial charge in [0, 0.05) is 12.2 Å². The molecule has 1 atom stereocenters. The first kappa shape index (κ1) is 23.4. The fourth-order valence-corrected chi connectivity index (χ4v) is 8.46. The van der Waals surface area contributed by atoms with Gasteiger partial charge in [-0.3, -0.25) is 0 Å². The van der Waals surface area contributed by atoms with Crippen LogP contribution in [-0.4, -0.2) is 39.4 Å². The summed E-state index contributed by atoms with van der Waals surface area (Å²) in [6.07, 6.45) is 1.21. The van der Waals surface area contributed by atoms with E-state index in [-0.39, 0.29) is 16.6 Å². The lowest BCUT2D eigenvalue weighted by Crippen LogP contribution is -2.51. The SMILES string of the molecule is CCC(OC(=O)/C=C/C(=O)OC)C(=O)O[Si](C(C)C)(C(C)C)C(C)C. The van der Waals surface area contributed by atoms with Gasteiger partial charge in [-0.1, -0.05) is 48.5 Å². The third-order valence-electron chi connectivity index (χ3n) is 4.43. The molecule has 0 N–H and O–H groups in total. The Morgan fingerprint density at radius 1 is 0.880 bits per heavy atom. The van der Waals surface area contributed by atoms with Crippen LogP contribution < -0.4 is 0 Å². The van der Waals surface area contributed by atoms with E-state index in [1.807, 2.05) is 0 Å². The van der Waals surface area contributed by atoms with Crippen molar-refractivity contribution in [2.75, 3.05) is 7.11 Å². The molecule has 0 amide bonds. The van der Waals surface area contributed by atoms with Crippen LogP contribution in [0.4, 0.5) is 0 Å². The highest BCUT2D eigenvalue weighted by Crippen LogP contribution is 2.42. The molecule has 0 aromatic carbocycles. The Labute approximate surface area is 152 Å². The molecule has 0 heterocycles. The lowest BCUT2D eigenvalue weighted by molar-refractivity contribution is -0.159. The van der Waals surface area contributed by atoms with E-state index < -0.39 is 32.3 Å². The van der Waals surface area contributed by atoms with Gasteiger partial charge in [0.1, 0.15) is 0 Å². The van der Waals surface area contributed by atoms with Gasteiger partial charge in [-0.05, 0) is 23.0 Å². The van der Waals surface area contributed by atoms with E-state index in [0.29, 0.717) is 6.42 Å². The molecule has 0 aliphatic rings. The van der Waals surface area contributed by atoms with E-state index in [1.54, 1.807) is 6.92 Å². The predicted octanol–water partition coefficient (Wildman–Crippen LogP) is 3.76. The molecule has 0 aromatic rings. The minimum Gasteiger partial charge on any atom is -0.516 e. The molecule has 7 heteroatoms.